The Kier molecular flexibility index (Phi) is 4.77. The average Bonchev–Trinajstić information content (AvgIpc) is 3.08. The molecule has 1 aliphatic heterocycles. The van der Waals surface area contributed by atoms with Gasteiger partial charge in [0.15, 0.2) is 0 Å². The zero-order chi connectivity index (χ0) is 21.9. The van der Waals surface area contributed by atoms with Crippen LogP contribution in [0.5, 0.6) is 0 Å². The predicted octanol–water partition coefficient (Wildman–Crippen LogP) is 4.40. The maximum atomic E-state index is 13.6. The van der Waals surface area contributed by atoms with Crippen molar-refractivity contribution in [2.75, 3.05) is 14.2 Å². The van der Waals surface area contributed by atoms with E-state index < -0.39 is 16.7 Å². The second-order valence-electron chi connectivity index (χ2n) is 8.51. The first-order valence-electron chi connectivity index (χ1n) is 10.5. The summed E-state index contributed by atoms with van der Waals surface area (Å²) in [7, 11) is 4.14. The predicted molar refractivity (Wildman–Crippen MR) is 122 cm³/mol. The molecule has 0 spiro atoms. The number of aryl methyl sites for hydroxylation is 2. The van der Waals surface area contributed by atoms with Gasteiger partial charge in [-0.1, -0.05) is 35.9 Å². The number of ether oxygens (including phenoxy) is 1. The molecule has 5 rings (SSSR count). The van der Waals surface area contributed by atoms with Gasteiger partial charge in [-0.3, -0.25) is 4.79 Å². The maximum absolute atomic E-state index is 13.6. The number of fused-ring (bicyclic) bond motifs is 6. The minimum atomic E-state index is -1.35. The minimum absolute atomic E-state index is 0.130. The fourth-order valence-electron chi connectivity index (χ4n) is 5.28. The van der Waals surface area contributed by atoms with E-state index in [1.54, 1.807) is 0 Å². The Hall–Kier alpha value is -2.86. The topological polar surface area (TPSA) is 51.5 Å². The number of carbonyl (C=O) groups excluding carboxylic acids is 1. The molecule has 0 saturated heterocycles. The molecule has 160 valence electrons. The second kappa shape index (κ2) is 7.38. The summed E-state index contributed by atoms with van der Waals surface area (Å²) >= 11 is 0. The summed E-state index contributed by atoms with van der Waals surface area (Å²) in [5.41, 5.74) is 4.39. The number of hydrogen-bond acceptors (Lipinski definition) is 4. The summed E-state index contributed by atoms with van der Waals surface area (Å²) < 4.78 is 21.0. The number of para-hydroxylation sites is 1. The zero-order valence-corrected chi connectivity index (χ0v) is 19.0. The molecule has 3 aromatic rings. The molecule has 0 fully saturated rings. The fourth-order valence-corrected chi connectivity index (χ4v) is 6.70. The number of allylic oxidation sites excluding steroid dienone is 1. The van der Waals surface area contributed by atoms with Crippen LogP contribution in [0.1, 0.15) is 35.2 Å². The monoisotopic (exact) mass is 434 g/mol. The molecule has 6 heteroatoms. The number of carbonyl (C=O) groups is 1. The molecule has 1 aromatic heterocycles. The highest BCUT2D eigenvalue weighted by Gasteiger charge is 2.48. The van der Waals surface area contributed by atoms with Gasteiger partial charge >= 0.3 is 5.97 Å². The first-order chi connectivity index (χ1) is 14.9. The van der Waals surface area contributed by atoms with Crippen LogP contribution in [0.4, 0.5) is 0 Å². The fraction of sp³-hybridized carbons (Fsp3) is 0.320. The van der Waals surface area contributed by atoms with Crippen molar-refractivity contribution in [3.8, 4) is 0 Å². The molecule has 0 radical (unpaired) electrons. The third-order valence-electron chi connectivity index (χ3n) is 6.79. The van der Waals surface area contributed by atoms with Crippen LogP contribution < -0.4 is 0 Å². The number of aromatic nitrogens is 1. The van der Waals surface area contributed by atoms with Gasteiger partial charge < -0.3 is 14.2 Å². The third-order valence-corrected chi connectivity index (χ3v) is 8.33. The van der Waals surface area contributed by atoms with E-state index in [4.69, 9.17) is 4.74 Å². The van der Waals surface area contributed by atoms with E-state index in [0.717, 1.165) is 33.0 Å². The van der Waals surface area contributed by atoms with Gasteiger partial charge in [-0.15, -0.1) is 0 Å². The van der Waals surface area contributed by atoms with Crippen LogP contribution in [0.25, 0.3) is 10.9 Å². The van der Waals surface area contributed by atoms with Crippen LogP contribution in [-0.2, 0) is 27.4 Å². The quantitative estimate of drug-likeness (QED) is 0.574. The van der Waals surface area contributed by atoms with Crippen LogP contribution in [-0.4, -0.2) is 33.8 Å². The van der Waals surface area contributed by atoms with Crippen molar-refractivity contribution in [3.05, 3.63) is 76.5 Å². The van der Waals surface area contributed by atoms with Crippen molar-refractivity contribution >= 4 is 27.7 Å². The summed E-state index contributed by atoms with van der Waals surface area (Å²) in [4.78, 5) is 16.8. The summed E-state index contributed by atoms with van der Waals surface area (Å²) in [6, 6.07) is 16.2. The van der Waals surface area contributed by atoms with Crippen molar-refractivity contribution in [3.63, 3.8) is 0 Å². The van der Waals surface area contributed by atoms with Crippen molar-refractivity contribution in [2.45, 2.75) is 30.2 Å². The van der Waals surface area contributed by atoms with E-state index >= 15 is 0 Å². The Balaban J connectivity index is 1.70. The van der Waals surface area contributed by atoms with Crippen LogP contribution in [0.3, 0.4) is 0 Å². The van der Waals surface area contributed by atoms with Crippen molar-refractivity contribution in [2.24, 2.45) is 13.0 Å². The van der Waals surface area contributed by atoms with Crippen LogP contribution in [0.15, 0.2) is 64.5 Å². The van der Waals surface area contributed by atoms with E-state index in [2.05, 4.69) is 21.6 Å². The third kappa shape index (κ3) is 2.96. The normalized spacial score (nSPS) is 23.3. The Bertz CT molecular complexity index is 1240. The number of nitrogens with zero attached hydrogens (tertiary/aromatic N) is 2. The number of hydrogen-bond donors (Lipinski definition) is 0. The standard InChI is InChI=1S/C25H26N2O3S/c1-15-9-11-16(12-10-15)31(29)21-14-26(2)20-13-18(21)23(25(28)30-4)24-22(20)17-7-5-6-8-19(17)27(24)3/h5-12,14,18,20,23H,13H2,1-4H3/t18-,20-,23-,31?/m1/s1. The molecule has 1 aliphatic carbocycles. The maximum Gasteiger partial charge on any atom is 0.315 e. The molecule has 2 bridgehead atoms. The molecular formula is C25H26N2O3S. The van der Waals surface area contributed by atoms with E-state index in [-0.39, 0.29) is 17.9 Å². The molecule has 0 amide bonds. The van der Waals surface area contributed by atoms with E-state index in [1.165, 1.54) is 18.1 Å². The van der Waals surface area contributed by atoms with Gasteiger partial charge in [-0.05, 0) is 31.5 Å². The molecule has 0 saturated carbocycles. The Morgan fingerprint density at radius 3 is 2.52 bits per heavy atom. The second-order valence-corrected chi connectivity index (χ2v) is 9.99. The molecule has 1 unspecified atom stereocenters. The number of benzene rings is 2. The molecule has 31 heavy (non-hydrogen) atoms. The molecule has 5 nitrogen and oxygen atoms in total. The lowest BCUT2D eigenvalue weighted by Gasteiger charge is -2.44. The van der Waals surface area contributed by atoms with E-state index in [1.807, 2.05) is 63.6 Å². The first-order valence-corrected chi connectivity index (χ1v) is 11.6. The molecule has 0 N–H and O–H groups in total. The molecule has 2 aliphatic rings. The molecular weight excluding hydrogens is 408 g/mol. The number of esters is 1. The van der Waals surface area contributed by atoms with Gasteiger partial charge in [-0.2, -0.15) is 0 Å². The number of methoxy groups -OCH3 is 1. The summed E-state index contributed by atoms with van der Waals surface area (Å²) in [5, 5.41) is 1.17. The van der Waals surface area contributed by atoms with Crippen molar-refractivity contribution in [1.29, 1.82) is 0 Å². The van der Waals surface area contributed by atoms with Gasteiger partial charge in [0.05, 0.1) is 24.0 Å². The lowest BCUT2D eigenvalue weighted by molar-refractivity contribution is -0.144. The Labute approximate surface area is 184 Å². The molecule has 2 heterocycles. The lowest BCUT2D eigenvalue weighted by Crippen LogP contribution is -2.40. The highest BCUT2D eigenvalue weighted by Crippen LogP contribution is 2.53. The van der Waals surface area contributed by atoms with Crippen LogP contribution >= 0.6 is 0 Å². The molecule has 2 aromatic carbocycles. The van der Waals surface area contributed by atoms with Crippen molar-refractivity contribution in [1.82, 2.24) is 9.47 Å². The largest absolute Gasteiger partial charge is 0.468 e. The van der Waals surface area contributed by atoms with E-state index in [9.17, 15) is 9.00 Å². The highest BCUT2D eigenvalue weighted by atomic mass is 32.2. The van der Waals surface area contributed by atoms with Gasteiger partial charge in [0.25, 0.3) is 0 Å². The highest BCUT2D eigenvalue weighted by molar-refractivity contribution is 7.89. The lowest BCUT2D eigenvalue weighted by atomic mass is 9.73. The van der Waals surface area contributed by atoms with Crippen LogP contribution in [0.2, 0.25) is 0 Å². The van der Waals surface area contributed by atoms with Gasteiger partial charge in [0, 0.05) is 58.2 Å². The Morgan fingerprint density at radius 2 is 1.81 bits per heavy atom. The van der Waals surface area contributed by atoms with Gasteiger partial charge in [0.1, 0.15) is 5.92 Å². The Morgan fingerprint density at radius 1 is 1.10 bits per heavy atom. The average molecular weight is 435 g/mol. The summed E-state index contributed by atoms with van der Waals surface area (Å²) in [6.45, 7) is 2.01. The van der Waals surface area contributed by atoms with Crippen LogP contribution in [0, 0.1) is 12.8 Å². The number of rotatable bonds is 3. The minimum Gasteiger partial charge on any atom is -0.468 e. The van der Waals surface area contributed by atoms with E-state index in [0.29, 0.717) is 0 Å². The smallest absolute Gasteiger partial charge is 0.315 e. The zero-order valence-electron chi connectivity index (χ0n) is 18.2. The van der Waals surface area contributed by atoms with Gasteiger partial charge in [-0.25, -0.2) is 4.21 Å². The SMILES string of the molecule is COC(=O)[C@H]1c2c(c3ccccc3n2C)[C@H]2C[C@@H]1C(S(=O)c1ccc(C)cc1)=CN2C. The van der Waals surface area contributed by atoms with Gasteiger partial charge in [0.2, 0.25) is 0 Å². The van der Waals surface area contributed by atoms with Crippen molar-refractivity contribution < 1.29 is 13.7 Å². The molecule has 4 atom stereocenters. The summed E-state index contributed by atoms with van der Waals surface area (Å²) in [6.07, 6.45) is 2.73. The summed E-state index contributed by atoms with van der Waals surface area (Å²) in [5.74, 6) is -0.929. The first kappa shape index (κ1) is 20.1.